The van der Waals surface area contributed by atoms with Crippen LogP contribution in [0.5, 0.6) is 0 Å². The Hall–Kier alpha value is -3.85. The topological polar surface area (TPSA) is 86.2 Å². The van der Waals surface area contributed by atoms with Gasteiger partial charge in [-0.15, -0.1) is 5.10 Å². The van der Waals surface area contributed by atoms with E-state index in [0.29, 0.717) is 33.5 Å². The molecule has 5 rings (SSSR count). The van der Waals surface area contributed by atoms with Gasteiger partial charge in [0.05, 0.1) is 10.4 Å². The number of nitro benzene ring substituents is 1. The second kappa shape index (κ2) is 7.77. The van der Waals surface area contributed by atoms with E-state index < -0.39 is 4.92 Å². The Kier molecular flexibility index (Phi) is 4.79. The predicted octanol–water partition coefficient (Wildman–Crippen LogP) is 5.28. The summed E-state index contributed by atoms with van der Waals surface area (Å²) in [7, 11) is 0. The summed E-state index contributed by atoms with van der Waals surface area (Å²) in [6, 6.07) is 20.3. The van der Waals surface area contributed by atoms with Gasteiger partial charge in [-0.3, -0.25) is 10.1 Å². The molecule has 9 heteroatoms. The molecular weight excluding hydrogens is 417 g/mol. The molecule has 0 atom stereocenters. The number of hydrogen-bond acceptors (Lipinski definition) is 6. The second-order valence-corrected chi connectivity index (χ2v) is 7.71. The minimum atomic E-state index is -0.449. The minimum absolute atomic E-state index is 0.000706. The van der Waals surface area contributed by atoms with E-state index in [1.807, 2.05) is 24.3 Å². The van der Waals surface area contributed by atoms with Crippen molar-refractivity contribution in [2.75, 3.05) is 0 Å². The van der Waals surface area contributed by atoms with E-state index in [1.54, 1.807) is 34.8 Å². The number of benzene rings is 3. The first-order valence-electron chi connectivity index (χ1n) is 9.37. The van der Waals surface area contributed by atoms with Crippen molar-refractivity contribution in [1.29, 1.82) is 0 Å². The van der Waals surface area contributed by atoms with Crippen LogP contribution in [0.2, 0.25) is 0 Å². The summed E-state index contributed by atoms with van der Waals surface area (Å²) in [5, 5.41) is 16.9. The van der Waals surface area contributed by atoms with Crippen LogP contribution in [0.15, 0.2) is 78.0 Å². The zero-order chi connectivity index (χ0) is 21.4. The summed E-state index contributed by atoms with van der Waals surface area (Å²) in [5.41, 5.74) is 2.61. The smallest absolute Gasteiger partial charge is 0.258 e. The number of aromatic nitrogens is 4. The van der Waals surface area contributed by atoms with Gasteiger partial charge in [0, 0.05) is 28.8 Å². The molecule has 0 fully saturated rings. The Morgan fingerprint density at radius 2 is 1.71 bits per heavy atom. The second-order valence-electron chi connectivity index (χ2n) is 6.77. The molecule has 7 nitrogen and oxygen atoms in total. The van der Waals surface area contributed by atoms with Crippen molar-refractivity contribution in [2.45, 2.75) is 10.9 Å². The Morgan fingerprint density at radius 3 is 2.48 bits per heavy atom. The predicted molar refractivity (Wildman–Crippen MR) is 116 cm³/mol. The number of thioether (sulfide) groups is 1. The van der Waals surface area contributed by atoms with Gasteiger partial charge in [0.25, 0.3) is 5.69 Å². The molecular formula is C22H14FN5O2S. The van der Waals surface area contributed by atoms with E-state index >= 15 is 0 Å². The average Bonchev–Trinajstić information content (AvgIpc) is 3.24. The molecule has 0 aliphatic carbocycles. The maximum absolute atomic E-state index is 14.1. The lowest BCUT2D eigenvalue weighted by Crippen LogP contribution is -1.99. The number of para-hydroxylation sites is 1. The van der Waals surface area contributed by atoms with Gasteiger partial charge >= 0.3 is 0 Å². The van der Waals surface area contributed by atoms with Crippen molar-refractivity contribution >= 4 is 34.0 Å². The quantitative estimate of drug-likeness (QED) is 0.163. The Bertz CT molecular complexity index is 1440. The van der Waals surface area contributed by atoms with E-state index in [4.69, 9.17) is 4.98 Å². The lowest BCUT2D eigenvalue weighted by molar-refractivity contribution is -0.384. The van der Waals surface area contributed by atoms with Gasteiger partial charge in [-0.25, -0.2) is 14.4 Å². The first-order chi connectivity index (χ1) is 15.1. The molecule has 0 saturated carbocycles. The molecule has 0 N–H and O–H groups in total. The van der Waals surface area contributed by atoms with Crippen LogP contribution in [0.1, 0.15) is 5.56 Å². The third-order valence-corrected chi connectivity index (χ3v) is 5.78. The number of nitrogens with zero attached hydrogens (tertiary/aromatic N) is 5. The molecule has 3 aromatic carbocycles. The standard InChI is InChI=1S/C22H14FN5O2S/c23-18-7-3-1-5-15(18)13-31-22-24-19-8-4-2-6-17(19)21-25-20(26-27(21)22)14-9-11-16(12-10-14)28(29)30/h1-12H,13H2. The molecule has 31 heavy (non-hydrogen) atoms. The van der Waals surface area contributed by atoms with Gasteiger partial charge in [-0.05, 0) is 35.9 Å². The Morgan fingerprint density at radius 1 is 0.968 bits per heavy atom. The fourth-order valence-corrected chi connectivity index (χ4v) is 4.17. The van der Waals surface area contributed by atoms with Crippen LogP contribution in [0.3, 0.4) is 0 Å². The van der Waals surface area contributed by atoms with Crippen molar-refractivity contribution < 1.29 is 9.31 Å². The number of rotatable bonds is 5. The van der Waals surface area contributed by atoms with Crippen molar-refractivity contribution in [1.82, 2.24) is 19.6 Å². The maximum atomic E-state index is 14.1. The summed E-state index contributed by atoms with van der Waals surface area (Å²) >= 11 is 1.37. The van der Waals surface area contributed by atoms with E-state index in [2.05, 4.69) is 10.1 Å². The van der Waals surface area contributed by atoms with Gasteiger partial charge in [0.2, 0.25) is 0 Å². The molecule has 0 bridgehead atoms. The summed E-state index contributed by atoms with van der Waals surface area (Å²) in [6.07, 6.45) is 0. The van der Waals surface area contributed by atoms with Gasteiger partial charge in [-0.1, -0.05) is 42.1 Å². The van der Waals surface area contributed by atoms with E-state index in [1.165, 1.54) is 30.0 Å². The Labute approximate surface area is 179 Å². The highest BCUT2D eigenvalue weighted by molar-refractivity contribution is 7.98. The highest BCUT2D eigenvalue weighted by Crippen LogP contribution is 2.29. The number of hydrogen-bond donors (Lipinski definition) is 0. The van der Waals surface area contributed by atoms with Gasteiger partial charge in [0.1, 0.15) is 5.82 Å². The molecule has 0 aliphatic heterocycles. The molecule has 2 aromatic heterocycles. The monoisotopic (exact) mass is 431 g/mol. The van der Waals surface area contributed by atoms with E-state index in [0.717, 1.165) is 10.9 Å². The number of fused-ring (bicyclic) bond motifs is 3. The molecule has 0 amide bonds. The first kappa shape index (κ1) is 19.1. The SMILES string of the molecule is O=[N+]([O-])c1ccc(-c2nc3c4ccccc4nc(SCc4ccccc4F)n3n2)cc1. The summed E-state index contributed by atoms with van der Waals surface area (Å²) < 4.78 is 15.7. The van der Waals surface area contributed by atoms with Crippen LogP contribution in [0.4, 0.5) is 10.1 Å². The molecule has 0 spiro atoms. The summed E-state index contributed by atoms with van der Waals surface area (Å²) in [5.74, 6) is 0.554. The number of halogens is 1. The van der Waals surface area contributed by atoms with Gasteiger partial charge in [0.15, 0.2) is 16.6 Å². The summed E-state index contributed by atoms with van der Waals surface area (Å²) in [6.45, 7) is 0. The van der Waals surface area contributed by atoms with Crippen LogP contribution < -0.4 is 0 Å². The maximum Gasteiger partial charge on any atom is 0.269 e. The van der Waals surface area contributed by atoms with Crippen LogP contribution in [-0.2, 0) is 5.75 Å². The molecule has 152 valence electrons. The normalized spacial score (nSPS) is 11.3. The van der Waals surface area contributed by atoms with E-state index in [9.17, 15) is 14.5 Å². The van der Waals surface area contributed by atoms with Crippen molar-refractivity contribution in [3.05, 3.63) is 94.3 Å². The third kappa shape index (κ3) is 3.59. The molecule has 0 unspecified atom stereocenters. The van der Waals surface area contributed by atoms with E-state index in [-0.39, 0.29) is 11.5 Å². The van der Waals surface area contributed by atoms with Crippen molar-refractivity contribution in [3.63, 3.8) is 0 Å². The van der Waals surface area contributed by atoms with Crippen LogP contribution in [-0.4, -0.2) is 24.5 Å². The minimum Gasteiger partial charge on any atom is -0.258 e. The fraction of sp³-hybridized carbons (Fsp3) is 0.0455. The van der Waals surface area contributed by atoms with Crippen molar-refractivity contribution in [3.8, 4) is 11.4 Å². The highest BCUT2D eigenvalue weighted by Gasteiger charge is 2.16. The van der Waals surface area contributed by atoms with Crippen molar-refractivity contribution in [2.24, 2.45) is 0 Å². The largest absolute Gasteiger partial charge is 0.269 e. The van der Waals surface area contributed by atoms with Gasteiger partial charge in [-0.2, -0.15) is 4.52 Å². The molecule has 0 radical (unpaired) electrons. The van der Waals surface area contributed by atoms with Gasteiger partial charge < -0.3 is 0 Å². The third-order valence-electron chi connectivity index (χ3n) is 4.80. The van der Waals surface area contributed by atoms with Crippen LogP contribution >= 0.6 is 11.8 Å². The Balaban J connectivity index is 1.61. The average molecular weight is 431 g/mol. The number of non-ortho nitro benzene ring substituents is 1. The lowest BCUT2D eigenvalue weighted by Gasteiger charge is -2.06. The first-order valence-corrected chi connectivity index (χ1v) is 10.4. The molecule has 5 aromatic rings. The summed E-state index contributed by atoms with van der Waals surface area (Å²) in [4.78, 5) is 19.9. The molecule has 2 heterocycles. The van der Waals surface area contributed by atoms with Crippen LogP contribution in [0.25, 0.3) is 27.9 Å². The highest BCUT2D eigenvalue weighted by atomic mass is 32.2. The zero-order valence-corrected chi connectivity index (χ0v) is 16.8. The number of nitro groups is 1. The lowest BCUT2D eigenvalue weighted by atomic mass is 10.2. The molecule has 0 aliphatic rings. The zero-order valence-electron chi connectivity index (χ0n) is 16.0. The molecule has 0 saturated heterocycles. The van der Waals surface area contributed by atoms with Crippen LogP contribution in [0, 0.1) is 15.9 Å². The fourth-order valence-electron chi connectivity index (χ4n) is 3.24.